The van der Waals surface area contributed by atoms with E-state index in [4.69, 9.17) is 9.16 Å². The molecule has 0 aromatic carbocycles. The molecule has 0 spiro atoms. The number of carbonyl (C=O) groups is 1. The molecule has 5 nitrogen and oxygen atoms in total. The molecule has 0 saturated carbocycles. The molecule has 0 fully saturated rings. The van der Waals surface area contributed by atoms with Crippen LogP contribution in [-0.2, 0) is 9.16 Å². The van der Waals surface area contributed by atoms with Gasteiger partial charge in [0.1, 0.15) is 5.60 Å². The Balaban J connectivity index is 5.46. The molecule has 2 atom stereocenters. The fourth-order valence-corrected chi connectivity index (χ4v) is 4.02. The number of carbonyl (C=O) groups excluding carboxylic acids is 1. The zero-order valence-corrected chi connectivity index (χ0v) is 20.4. The molecule has 0 rings (SSSR count). The lowest BCUT2D eigenvalue weighted by Crippen LogP contribution is -2.52. The molecule has 0 saturated heterocycles. The van der Waals surface area contributed by atoms with Crippen LogP contribution in [0.3, 0.4) is 0 Å². The van der Waals surface area contributed by atoms with Crippen molar-refractivity contribution in [1.82, 2.24) is 5.32 Å². The molecule has 0 bridgehead atoms. The Labute approximate surface area is 168 Å². The highest BCUT2D eigenvalue weighted by Gasteiger charge is 2.41. The number of hydrogen-bond acceptors (Lipinski definition) is 4. The van der Waals surface area contributed by atoms with E-state index >= 15 is 0 Å². The van der Waals surface area contributed by atoms with Crippen LogP contribution in [0.4, 0.5) is 4.79 Å². The zero-order chi connectivity index (χ0) is 21.5. The van der Waals surface area contributed by atoms with Gasteiger partial charge in [0.05, 0.1) is 12.1 Å². The van der Waals surface area contributed by atoms with Crippen molar-refractivity contribution in [2.24, 2.45) is 5.92 Å². The van der Waals surface area contributed by atoms with E-state index in [1.807, 2.05) is 20.8 Å². The normalized spacial score (nSPS) is 15.6. The fourth-order valence-electron chi connectivity index (χ4n) is 2.63. The number of amides is 1. The summed E-state index contributed by atoms with van der Waals surface area (Å²) >= 11 is 0. The predicted octanol–water partition coefficient (Wildman–Crippen LogP) is 5.48. The highest BCUT2D eigenvalue weighted by molar-refractivity contribution is 6.74. The molecule has 0 aromatic heterocycles. The number of aliphatic hydroxyl groups excluding tert-OH is 1. The molecule has 1 amide bonds. The average molecular weight is 404 g/mol. The lowest BCUT2D eigenvalue weighted by Gasteiger charge is -2.42. The fraction of sp³-hybridized carbons (Fsp3) is 0.952. The van der Waals surface area contributed by atoms with E-state index in [0.29, 0.717) is 5.92 Å². The second-order valence-electron chi connectivity index (χ2n) is 10.5. The van der Waals surface area contributed by atoms with Gasteiger partial charge in [0.25, 0.3) is 0 Å². The Kier molecular flexibility index (Phi) is 10.6. The highest BCUT2D eigenvalue weighted by atomic mass is 28.4. The van der Waals surface area contributed by atoms with E-state index in [1.54, 1.807) is 0 Å². The first-order valence-corrected chi connectivity index (χ1v) is 13.3. The van der Waals surface area contributed by atoms with Crippen LogP contribution in [0.15, 0.2) is 0 Å². The molecule has 6 heteroatoms. The van der Waals surface area contributed by atoms with Crippen LogP contribution in [0.1, 0.15) is 81.1 Å². The number of rotatable bonds is 10. The van der Waals surface area contributed by atoms with E-state index < -0.39 is 13.9 Å². The summed E-state index contributed by atoms with van der Waals surface area (Å²) in [5.74, 6) is 0.424. The number of aliphatic hydroxyl groups is 1. The van der Waals surface area contributed by atoms with Gasteiger partial charge in [0.2, 0.25) is 0 Å². The number of ether oxygens (including phenoxy) is 1. The van der Waals surface area contributed by atoms with E-state index in [0.717, 1.165) is 25.7 Å². The molecule has 0 radical (unpaired) electrons. The molecule has 0 aliphatic rings. The molecule has 162 valence electrons. The van der Waals surface area contributed by atoms with Crippen molar-refractivity contribution >= 4 is 14.4 Å². The van der Waals surface area contributed by atoms with Crippen LogP contribution in [0.5, 0.6) is 0 Å². The highest BCUT2D eigenvalue weighted by Crippen LogP contribution is 2.38. The quantitative estimate of drug-likeness (QED) is 0.374. The summed E-state index contributed by atoms with van der Waals surface area (Å²) in [4.78, 5) is 12.4. The Hall–Kier alpha value is -0.593. The van der Waals surface area contributed by atoms with Crippen molar-refractivity contribution in [3.8, 4) is 0 Å². The van der Waals surface area contributed by atoms with Crippen LogP contribution in [0.25, 0.3) is 0 Å². The van der Waals surface area contributed by atoms with E-state index in [1.165, 1.54) is 0 Å². The first-order valence-electron chi connectivity index (χ1n) is 10.4. The number of nitrogens with one attached hydrogen (secondary N) is 1. The molecule has 27 heavy (non-hydrogen) atoms. The van der Waals surface area contributed by atoms with Crippen molar-refractivity contribution in [2.45, 2.75) is 117 Å². The van der Waals surface area contributed by atoms with Crippen LogP contribution < -0.4 is 5.32 Å². The van der Waals surface area contributed by atoms with Crippen molar-refractivity contribution in [1.29, 1.82) is 0 Å². The molecular formula is C21H45NO4Si. The SMILES string of the molecule is CC(C)C[C@@H](NC(=O)OC(C)(C)C)C(CCCCO)O[Si](C)(C)C(C)(C)C. The topological polar surface area (TPSA) is 67.8 Å². The first kappa shape index (κ1) is 26.4. The van der Waals surface area contributed by atoms with Crippen molar-refractivity contribution in [2.75, 3.05) is 6.61 Å². The monoisotopic (exact) mass is 403 g/mol. The minimum atomic E-state index is -1.99. The second-order valence-corrected chi connectivity index (χ2v) is 15.3. The second kappa shape index (κ2) is 10.8. The molecule has 1 unspecified atom stereocenters. The third-order valence-corrected chi connectivity index (χ3v) is 9.53. The minimum Gasteiger partial charge on any atom is -0.444 e. The Bertz CT molecular complexity index is 438. The maximum atomic E-state index is 12.4. The molecule has 0 aliphatic carbocycles. The van der Waals surface area contributed by atoms with Crippen molar-refractivity contribution in [3.05, 3.63) is 0 Å². The van der Waals surface area contributed by atoms with Gasteiger partial charge < -0.3 is 19.6 Å². The summed E-state index contributed by atoms with van der Waals surface area (Å²) in [6.45, 7) is 21.3. The van der Waals surface area contributed by atoms with E-state index in [2.05, 4.69) is 53.0 Å². The molecule has 0 heterocycles. The summed E-state index contributed by atoms with van der Waals surface area (Å²) in [6, 6.07) is -0.104. The van der Waals surface area contributed by atoms with Crippen molar-refractivity contribution < 1.29 is 19.1 Å². The summed E-state index contributed by atoms with van der Waals surface area (Å²) < 4.78 is 12.2. The zero-order valence-electron chi connectivity index (χ0n) is 19.4. The molecule has 0 aromatic rings. The standard InChI is InChI=1S/C21H45NO4Si/c1-16(2)15-17(22-19(24)25-20(3,4)5)18(13-11-12-14-23)26-27(9,10)21(6,7)8/h16-18,23H,11-15H2,1-10H3,(H,22,24)/t17-,18?/m1/s1. The summed E-state index contributed by atoms with van der Waals surface area (Å²) in [5.41, 5.74) is -0.529. The van der Waals surface area contributed by atoms with Gasteiger partial charge in [-0.25, -0.2) is 4.79 Å². The first-order chi connectivity index (χ1) is 12.1. The lowest BCUT2D eigenvalue weighted by molar-refractivity contribution is 0.0403. The third kappa shape index (κ3) is 11.1. The Morgan fingerprint density at radius 1 is 1.07 bits per heavy atom. The summed E-state index contributed by atoms with van der Waals surface area (Å²) in [5, 5.41) is 12.3. The third-order valence-electron chi connectivity index (χ3n) is 5.03. The van der Waals surface area contributed by atoms with Gasteiger partial charge in [-0.2, -0.15) is 0 Å². The Morgan fingerprint density at radius 3 is 2.04 bits per heavy atom. The van der Waals surface area contributed by atoms with Gasteiger partial charge in [0.15, 0.2) is 8.32 Å². The minimum absolute atomic E-state index is 0.0765. The largest absolute Gasteiger partial charge is 0.444 e. The van der Waals surface area contributed by atoms with Gasteiger partial charge in [-0.1, -0.05) is 34.6 Å². The smallest absolute Gasteiger partial charge is 0.407 e. The maximum Gasteiger partial charge on any atom is 0.407 e. The maximum absolute atomic E-state index is 12.4. The van der Waals surface area contributed by atoms with Gasteiger partial charge in [-0.3, -0.25) is 0 Å². The van der Waals surface area contributed by atoms with Crippen LogP contribution in [-0.4, -0.2) is 43.9 Å². The van der Waals surface area contributed by atoms with E-state index in [-0.39, 0.29) is 29.9 Å². The van der Waals surface area contributed by atoms with Gasteiger partial charge in [0, 0.05) is 6.61 Å². The lowest BCUT2D eigenvalue weighted by atomic mass is 9.96. The molecular weight excluding hydrogens is 358 g/mol. The molecule has 2 N–H and O–H groups in total. The Morgan fingerprint density at radius 2 is 1.63 bits per heavy atom. The van der Waals surface area contributed by atoms with E-state index in [9.17, 15) is 9.90 Å². The predicted molar refractivity (Wildman–Crippen MR) is 116 cm³/mol. The summed E-state index contributed by atoms with van der Waals surface area (Å²) in [7, 11) is -1.99. The number of unbranched alkanes of at least 4 members (excludes halogenated alkanes) is 1. The average Bonchev–Trinajstić information content (AvgIpc) is 2.41. The number of hydrogen-bond donors (Lipinski definition) is 2. The summed E-state index contributed by atoms with van der Waals surface area (Å²) in [6.07, 6.45) is 2.81. The number of alkyl carbamates (subject to hydrolysis) is 1. The van der Waals surface area contributed by atoms with Gasteiger partial charge in [-0.15, -0.1) is 0 Å². The molecule has 0 aliphatic heterocycles. The van der Waals surface area contributed by atoms with Crippen LogP contribution in [0, 0.1) is 5.92 Å². The van der Waals surface area contributed by atoms with Gasteiger partial charge >= 0.3 is 6.09 Å². The van der Waals surface area contributed by atoms with Crippen LogP contribution in [0.2, 0.25) is 18.1 Å². The van der Waals surface area contributed by atoms with Gasteiger partial charge in [-0.05, 0) is 70.5 Å². The van der Waals surface area contributed by atoms with Crippen LogP contribution >= 0.6 is 0 Å². The van der Waals surface area contributed by atoms with Crippen molar-refractivity contribution in [3.63, 3.8) is 0 Å².